The summed E-state index contributed by atoms with van der Waals surface area (Å²) in [5.74, 6) is 0.965. The summed E-state index contributed by atoms with van der Waals surface area (Å²) in [5.41, 5.74) is 3.42. The van der Waals surface area contributed by atoms with Crippen LogP contribution in [0, 0.1) is 0 Å². The summed E-state index contributed by atoms with van der Waals surface area (Å²) in [7, 11) is 3.01. The van der Waals surface area contributed by atoms with Gasteiger partial charge in [-0.05, 0) is 72.3 Å². The van der Waals surface area contributed by atoms with Crippen molar-refractivity contribution in [1.82, 2.24) is 5.43 Å². The fraction of sp³-hybridized carbons (Fsp3) is 0.125. The molecule has 0 radical (unpaired) electrons. The van der Waals surface area contributed by atoms with Crippen LogP contribution in [0.15, 0.2) is 76.3 Å². The number of esters is 1. The SMILES string of the molecule is COc1ccc(C(=O)Oc2ccc(C=NNC(=O)COc3ccc(Br)cc3)cc2)cc1OC. The van der Waals surface area contributed by atoms with Crippen molar-refractivity contribution in [3.8, 4) is 23.0 Å². The molecule has 0 unspecified atom stereocenters. The van der Waals surface area contributed by atoms with Gasteiger partial charge in [0, 0.05) is 4.47 Å². The largest absolute Gasteiger partial charge is 0.493 e. The second kappa shape index (κ2) is 11.7. The Bertz CT molecular complexity index is 1130. The Hall–Kier alpha value is -3.85. The van der Waals surface area contributed by atoms with E-state index in [0.717, 1.165) is 4.47 Å². The molecule has 0 saturated carbocycles. The minimum atomic E-state index is -0.532. The number of benzene rings is 3. The van der Waals surface area contributed by atoms with Crippen LogP contribution in [-0.2, 0) is 4.79 Å². The molecule has 0 heterocycles. The van der Waals surface area contributed by atoms with Crippen LogP contribution in [0.1, 0.15) is 15.9 Å². The Morgan fingerprint density at radius 3 is 2.24 bits per heavy atom. The van der Waals surface area contributed by atoms with E-state index in [9.17, 15) is 9.59 Å². The molecule has 1 amide bonds. The van der Waals surface area contributed by atoms with Crippen LogP contribution in [-0.4, -0.2) is 38.9 Å². The number of rotatable bonds is 9. The molecule has 8 nitrogen and oxygen atoms in total. The van der Waals surface area contributed by atoms with Crippen LogP contribution in [0.25, 0.3) is 0 Å². The van der Waals surface area contributed by atoms with E-state index in [0.29, 0.717) is 34.1 Å². The number of amides is 1. The van der Waals surface area contributed by atoms with E-state index in [4.69, 9.17) is 18.9 Å². The standard InChI is InChI=1S/C24H21BrN2O6/c1-30-21-12-5-17(13-22(21)31-2)24(29)33-20-8-3-16(4-9-20)14-26-27-23(28)15-32-19-10-6-18(25)7-11-19/h3-14H,15H2,1-2H3,(H,27,28). The Morgan fingerprint density at radius 2 is 1.58 bits per heavy atom. The smallest absolute Gasteiger partial charge is 0.343 e. The molecule has 0 aromatic heterocycles. The number of halogens is 1. The number of hydrazone groups is 1. The molecule has 0 spiro atoms. The Balaban J connectivity index is 1.49. The van der Waals surface area contributed by atoms with Gasteiger partial charge in [-0.15, -0.1) is 0 Å². The summed E-state index contributed by atoms with van der Waals surface area (Å²) >= 11 is 3.33. The van der Waals surface area contributed by atoms with E-state index in [1.54, 1.807) is 54.6 Å². The predicted molar refractivity (Wildman–Crippen MR) is 126 cm³/mol. The number of methoxy groups -OCH3 is 2. The molecule has 9 heteroatoms. The lowest BCUT2D eigenvalue weighted by molar-refractivity contribution is -0.123. The quantitative estimate of drug-likeness (QED) is 0.199. The van der Waals surface area contributed by atoms with Crippen molar-refractivity contribution >= 4 is 34.0 Å². The second-order valence-electron chi connectivity index (χ2n) is 6.56. The van der Waals surface area contributed by atoms with Gasteiger partial charge in [0.1, 0.15) is 11.5 Å². The molecule has 0 aliphatic rings. The van der Waals surface area contributed by atoms with Gasteiger partial charge < -0.3 is 18.9 Å². The molecule has 0 saturated heterocycles. The van der Waals surface area contributed by atoms with E-state index in [2.05, 4.69) is 26.5 Å². The van der Waals surface area contributed by atoms with Gasteiger partial charge in [-0.1, -0.05) is 15.9 Å². The fourth-order valence-electron chi connectivity index (χ4n) is 2.64. The molecule has 0 aliphatic carbocycles. The summed E-state index contributed by atoms with van der Waals surface area (Å²) in [6.07, 6.45) is 1.47. The van der Waals surface area contributed by atoms with Gasteiger partial charge in [0.05, 0.1) is 26.0 Å². The number of nitrogens with zero attached hydrogens (tertiary/aromatic N) is 1. The van der Waals surface area contributed by atoms with Crippen molar-refractivity contribution < 1.29 is 28.5 Å². The average molecular weight is 513 g/mol. The second-order valence-corrected chi connectivity index (χ2v) is 7.48. The Kier molecular flexibility index (Phi) is 8.43. The topological polar surface area (TPSA) is 95.5 Å². The number of ether oxygens (including phenoxy) is 4. The zero-order valence-corrected chi connectivity index (χ0v) is 19.5. The molecule has 33 heavy (non-hydrogen) atoms. The fourth-order valence-corrected chi connectivity index (χ4v) is 2.91. The Morgan fingerprint density at radius 1 is 0.909 bits per heavy atom. The maximum atomic E-state index is 12.4. The summed E-state index contributed by atoms with van der Waals surface area (Å²) in [6, 6.07) is 18.6. The average Bonchev–Trinajstić information content (AvgIpc) is 2.84. The molecule has 0 bridgehead atoms. The van der Waals surface area contributed by atoms with Crippen LogP contribution < -0.4 is 24.4 Å². The molecular formula is C24H21BrN2O6. The van der Waals surface area contributed by atoms with Crippen LogP contribution in [0.4, 0.5) is 0 Å². The first-order valence-corrected chi connectivity index (χ1v) is 10.5. The molecule has 170 valence electrons. The van der Waals surface area contributed by atoms with E-state index in [1.165, 1.54) is 20.4 Å². The highest BCUT2D eigenvalue weighted by Gasteiger charge is 2.13. The van der Waals surface area contributed by atoms with Crippen LogP contribution >= 0.6 is 15.9 Å². The molecule has 3 rings (SSSR count). The highest BCUT2D eigenvalue weighted by molar-refractivity contribution is 9.10. The van der Waals surface area contributed by atoms with E-state index < -0.39 is 11.9 Å². The van der Waals surface area contributed by atoms with Crippen LogP contribution in [0.3, 0.4) is 0 Å². The van der Waals surface area contributed by atoms with Crippen LogP contribution in [0.2, 0.25) is 0 Å². The van der Waals surface area contributed by atoms with Gasteiger partial charge in [-0.2, -0.15) is 5.10 Å². The number of nitrogens with one attached hydrogen (secondary N) is 1. The lowest BCUT2D eigenvalue weighted by atomic mass is 10.2. The molecule has 3 aromatic carbocycles. The van der Waals surface area contributed by atoms with Crippen molar-refractivity contribution in [2.75, 3.05) is 20.8 Å². The molecule has 0 fully saturated rings. The summed E-state index contributed by atoms with van der Waals surface area (Å²) in [4.78, 5) is 24.2. The summed E-state index contributed by atoms with van der Waals surface area (Å²) in [5, 5.41) is 3.90. The van der Waals surface area contributed by atoms with E-state index >= 15 is 0 Å². The van der Waals surface area contributed by atoms with Crippen molar-refractivity contribution in [3.05, 3.63) is 82.3 Å². The maximum absolute atomic E-state index is 12.4. The predicted octanol–water partition coefficient (Wildman–Crippen LogP) is 4.21. The summed E-state index contributed by atoms with van der Waals surface area (Å²) in [6.45, 7) is -0.163. The van der Waals surface area contributed by atoms with Gasteiger partial charge in [0.15, 0.2) is 18.1 Å². The molecule has 1 N–H and O–H groups in total. The van der Waals surface area contributed by atoms with Gasteiger partial charge in [0.2, 0.25) is 0 Å². The lowest BCUT2D eigenvalue weighted by Crippen LogP contribution is -2.24. The van der Waals surface area contributed by atoms with E-state index in [-0.39, 0.29) is 6.61 Å². The van der Waals surface area contributed by atoms with Gasteiger partial charge in [0.25, 0.3) is 5.91 Å². The van der Waals surface area contributed by atoms with Crippen molar-refractivity contribution in [2.24, 2.45) is 5.10 Å². The van der Waals surface area contributed by atoms with Crippen molar-refractivity contribution in [1.29, 1.82) is 0 Å². The Labute approximate surface area is 199 Å². The lowest BCUT2D eigenvalue weighted by Gasteiger charge is -2.09. The van der Waals surface area contributed by atoms with Gasteiger partial charge in [-0.3, -0.25) is 4.79 Å². The maximum Gasteiger partial charge on any atom is 0.343 e. The molecular weight excluding hydrogens is 492 g/mol. The zero-order valence-electron chi connectivity index (χ0n) is 17.9. The monoisotopic (exact) mass is 512 g/mol. The highest BCUT2D eigenvalue weighted by atomic mass is 79.9. The van der Waals surface area contributed by atoms with Crippen LogP contribution in [0.5, 0.6) is 23.0 Å². The first-order valence-electron chi connectivity index (χ1n) is 9.73. The minimum absolute atomic E-state index is 0.163. The van der Waals surface area contributed by atoms with Gasteiger partial charge >= 0.3 is 5.97 Å². The third-order valence-corrected chi connectivity index (χ3v) is 4.82. The highest BCUT2D eigenvalue weighted by Crippen LogP contribution is 2.28. The van der Waals surface area contributed by atoms with E-state index in [1.807, 2.05) is 12.1 Å². The molecule has 3 aromatic rings. The molecule has 0 aliphatic heterocycles. The zero-order chi connectivity index (χ0) is 23.6. The normalized spacial score (nSPS) is 10.5. The minimum Gasteiger partial charge on any atom is -0.493 e. The number of carbonyl (C=O) groups excluding carboxylic acids is 2. The third kappa shape index (κ3) is 7.08. The van der Waals surface area contributed by atoms with Crippen molar-refractivity contribution in [3.63, 3.8) is 0 Å². The third-order valence-electron chi connectivity index (χ3n) is 4.30. The number of hydrogen-bond acceptors (Lipinski definition) is 7. The summed E-state index contributed by atoms with van der Waals surface area (Å²) < 4.78 is 22.0. The first kappa shape index (κ1) is 23.8. The molecule has 0 atom stereocenters. The number of carbonyl (C=O) groups is 2. The number of hydrogen-bond donors (Lipinski definition) is 1. The first-order chi connectivity index (χ1) is 16.0. The van der Waals surface area contributed by atoms with Crippen molar-refractivity contribution in [2.45, 2.75) is 0 Å². The van der Waals surface area contributed by atoms with Gasteiger partial charge in [-0.25, -0.2) is 10.2 Å².